The molecule has 0 saturated carbocycles. The van der Waals surface area contributed by atoms with E-state index in [2.05, 4.69) is 10.6 Å². The lowest BCUT2D eigenvalue weighted by Crippen LogP contribution is -2.28. The third kappa shape index (κ3) is 3.73. The minimum atomic E-state index is -0.587. The fraction of sp³-hybridized carbons (Fsp3) is 0.0526. The van der Waals surface area contributed by atoms with Crippen molar-refractivity contribution in [3.63, 3.8) is 0 Å². The van der Waals surface area contributed by atoms with Gasteiger partial charge in [0.25, 0.3) is 5.91 Å². The first kappa shape index (κ1) is 17.2. The van der Waals surface area contributed by atoms with Crippen LogP contribution in [-0.4, -0.2) is 17.1 Å². The first-order chi connectivity index (χ1) is 12.6. The van der Waals surface area contributed by atoms with Gasteiger partial charge in [0.05, 0.1) is 5.69 Å². The fourth-order valence-electron chi connectivity index (χ4n) is 2.66. The zero-order valence-electron chi connectivity index (χ0n) is 13.8. The number of fused-ring (bicyclic) bond motifs is 1. The molecule has 0 aliphatic rings. The first-order valence-electron chi connectivity index (χ1n) is 7.94. The monoisotopic (exact) mass is 350 g/mol. The Balaban J connectivity index is 1.66. The summed E-state index contributed by atoms with van der Waals surface area (Å²) in [5.74, 6) is -0.587. The number of benzene rings is 3. The van der Waals surface area contributed by atoms with E-state index in [9.17, 15) is 9.59 Å². The van der Waals surface area contributed by atoms with Crippen LogP contribution in [0, 0.1) is 0 Å². The number of amides is 3. The number of carbonyl (C=O) groups excluding carboxylic acids is 2. The lowest BCUT2D eigenvalue weighted by Gasteiger charge is -2.12. The predicted molar refractivity (Wildman–Crippen MR) is 99.9 cm³/mol. The standard InChI is InChI=1S/C19H18N4O3/c20-15-5-1-3-13-4-2-6-16(17(13)15)22-19(25)21-11-12-7-9-14(10-8-12)18(24)23-26/h1-10,26H,11,20H2,(H,23,24)(H2,21,22,25). The van der Waals surface area contributed by atoms with Crippen LogP contribution in [0.2, 0.25) is 0 Å². The number of hydrogen-bond acceptors (Lipinski definition) is 4. The molecule has 0 spiro atoms. The van der Waals surface area contributed by atoms with Gasteiger partial charge in [0.1, 0.15) is 0 Å². The van der Waals surface area contributed by atoms with Gasteiger partial charge in [0.15, 0.2) is 0 Å². The van der Waals surface area contributed by atoms with Crippen molar-refractivity contribution in [1.29, 1.82) is 0 Å². The van der Waals surface area contributed by atoms with Crippen LogP contribution < -0.4 is 21.8 Å². The molecule has 3 rings (SSSR count). The Kier molecular flexibility index (Phi) is 5.00. The molecule has 7 heteroatoms. The van der Waals surface area contributed by atoms with Gasteiger partial charge in [0.2, 0.25) is 0 Å². The highest BCUT2D eigenvalue weighted by Gasteiger charge is 2.08. The molecule has 7 nitrogen and oxygen atoms in total. The molecule has 0 unspecified atom stereocenters. The molecule has 0 radical (unpaired) electrons. The lowest BCUT2D eigenvalue weighted by molar-refractivity contribution is 0.0706. The number of nitrogen functional groups attached to an aromatic ring is 1. The van der Waals surface area contributed by atoms with E-state index >= 15 is 0 Å². The molecule has 3 aromatic rings. The van der Waals surface area contributed by atoms with Crippen molar-refractivity contribution in [3.05, 3.63) is 71.8 Å². The molecule has 0 atom stereocenters. The summed E-state index contributed by atoms with van der Waals surface area (Å²) in [7, 11) is 0. The Hall–Kier alpha value is -3.58. The van der Waals surface area contributed by atoms with Gasteiger partial charge < -0.3 is 16.4 Å². The third-order valence-corrected chi connectivity index (χ3v) is 3.96. The highest BCUT2D eigenvalue weighted by molar-refractivity contribution is 6.07. The Morgan fingerprint density at radius 1 is 0.962 bits per heavy atom. The molecule has 0 bridgehead atoms. The van der Waals surface area contributed by atoms with Crippen LogP contribution in [0.25, 0.3) is 10.8 Å². The van der Waals surface area contributed by atoms with Gasteiger partial charge in [-0.25, -0.2) is 10.3 Å². The molecule has 0 saturated heterocycles. The van der Waals surface area contributed by atoms with E-state index in [1.807, 2.05) is 24.3 Å². The Morgan fingerprint density at radius 2 is 1.65 bits per heavy atom. The van der Waals surface area contributed by atoms with E-state index in [-0.39, 0.29) is 12.6 Å². The minimum Gasteiger partial charge on any atom is -0.398 e. The lowest BCUT2D eigenvalue weighted by atomic mass is 10.1. The second-order valence-corrected chi connectivity index (χ2v) is 5.70. The molecule has 26 heavy (non-hydrogen) atoms. The van der Waals surface area contributed by atoms with E-state index in [1.54, 1.807) is 41.9 Å². The highest BCUT2D eigenvalue weighted by Crippen LogP contribution is 2.28. The predicted octanol–water partition coefficient (Wildman–Crippen LogP) is 2.86. The zero-order valence-corrected chi connectivity index (χ0v) is 13.8. The second kappa shape index (κ2) is 7.54. The molecular formula is C19H18N4O3. The molecule has 0 aliphatic heterocycles. The van der Waals surface area contributed by atoms with E-state index in [1.165, 1.54) is 0 Å². The van der Waals surface area contributed by atoms with Gasteiger partial charge in [-0.05, 0) is 35.2 Å². The maximum atomic E-state index is 12.2. The summed E-state index contributed by atoms with van der Waals surface area (Å²) in [5.41, 5.74) is 9.96. The van der Waals surface area contributed by atoms with Crippen LogP contribution in [0.15, 0.2) is 60.7 Å². The number of nitrogens with one attached hydrogen (secondary N) is 3. The molecule has 0 heterocycles. The Labute approximate surface area is 149 Å². The zero-order chi connectivity index (χ0) is 18.5. The van der Waals surface area contributed by atoms with Crippen molar-refractivity contribution in [1.82, 2.24) is 10.8 Å². The molecule has 3 amide bonds. The molecule has 132 valence electrons. The normalized spacial score (nSPS) is 10.3. The number of hydroxylamine groups is 1. The number of hydrogen-bond donors (Lipinski definition) is 5. The van der Waals surface area contributed by atoms with Crippen LogP contribution in [-0.2, 0) is 6.54 Å². The van der Waals surface area contributed by atoms with Crippen LogP contribution in [0.1, 0.15) is 15.9 Å². The van der Waals surface area contributed by atoms with Gasteiger partial charge in [0, 0.05) is 23.2 Å². The third-order valence-electron chi connectivity index (χ3n) is 3.96. The summed E-state index contributed by atoms with van der Waals surface area (Å²) in [6.45, 7) is 0.285. The average Bonchev–Trinajstić information content (AvgIpc) is 2.66. The van der Waals surface area contributed by atoms with Crippen molar-refractivity contribution in [2.45, 2.75) is 6.54 Å². The molecule has 6 N–H and O–H groups in total. The topological polar surface area (TPSA) is 116 Å². The van der Waals surface area contributed by atoms with Gasteiger partial charge in [-0.1, -0.05) is 36.4 Å². The number of urea groups is 1. The largest absolute Gasteiger partial charge is 0.398 e. The summed E-state index contributed by atoms with van der Waals surface area (Å²) in [6.07, 6.45) is 0. The van der Waals surface area contributed by atoms with Gasteiger partial charge >= 0.3 is 6.03 Å². The smallest absolute Gasteiger partial charge is 0.319 e. The van der Waals surface area contributed by atoms with E-state index < -0.39 is 5.91 Å². The first-order valence-corrected chi connectivity index (χ1v) is 7.94. The van der Waals surface area contributed by atoms with Gasteiger partial charge in [-0.2, -0.15) is 0 Å². The maximum Gasteiger partial charge on any atom is 0.319 e. The van der Waals surface area contributed by atoms with Crippen LogP contribution in [0.5, 0.6) is 0 Å². The van der Waals surface area contributed by atoms with Crippen molar-refractivity contribution in [2.24, 2.45) is 0 Å². The average molecular weight is 350 g/mol. The number of nitrogens with two attached hydrogens (primary N) is 1. The fourth-order valence-corrected chi connectivity index (χ4v) is 2.66. The quantitative estimate of drug-likeness (QED) is 0.282. The summed E-state index contributed by atoms with van der Waals surface area (Å²) in [5, 5.41) is 15.9. The summed E-state index contributed by atoms with van der Waals surface area (Å²) in [6, 6.07) is 17.3. The van der Waals surface area contributed by atoms with Crippen LogP contribution in [0.3, 0.4) is 0 Å². The van der Waals surface area contributed by atoms with Crippen molar-refractivity contribution in [3.8, 4) is 0 Å². The highest BCUT2D eigenvalue weighted by atomic mass is 16.5. The van der Waals surface area contributed by atoms with Crippen molar-refractivity contribution < 1.29 is 14.8 Å². The van der Waals surface area contributed by atoms with Gasteiger partial charge in [-0.3, -0.25) is 10.0 Å². The summed E-state index contributed by atoms with van der Waals surface area (Å²) in [4.78, 5) is 23.5. The maximum absolute atomic E-state index is 12.2. The van der Waals surface area contributed by atoms with E-state index in [4.69, 9.17) is 10.9 Å². The second-order valence-electron chi connectivity index (χ2n) is 5.70. The molecular weight excluding hydrogens is 332 g/mol. The van der Waals surface area contributed by atoms with E-state index in [0.717, 1.165) is 16.3 Å². The summed E-state index contributed by atoms with van der Waals surface area (Å²) >= 11 is 0. The van der Waals surface area contributed by atoms with Crippen molar-refractivity contribution in [2.75, 3.05) is 11.1 Å². The molecule has 0 aromatic heterocycles. The van der Waals surface area contributed by atoms with Gasteiger partial charge in [-0.15, -0.1) is 0 Å². The van der Waals surface area contributed by atoms with E-state index in [0.29, 0.717) is 16.9 Å². The number of anilines is 2. The number of rotatable bonds is 4. The minimum absolute atomic E-state index is 0.285. The van der Waals surface area contributed by atoms with Crippen molar-refractivity contribution >= 4 is 34.1 Å². The van der Waals surface area contributed by atoms with Crippen LogP contribution >= 0.6 is 0 Å². The molecule has 0 fully saturated rings. The molecule has 0 aliphatic carbocycles. The van der Waals surface area contributed by atoms with Crippen LogP contribution in [0.4, 0.5) is 16.2 Å². The summed E-state index contributed by atoms with van der Waals surface area (Å²) < 4.78 is 0. The Bertz CT molecular complexity index is 949. The number of carbonyl (C=O) groups is 2. The SMILES string of the molecule is Nc1cccc2cccc(NC(=O)NCc3ccc(C(=O)NO)cc3)c12. The molecule has 3 aromatic carbocycles. The Morgan fingerprint density at radius 3 is 2.35 bits per heavy atom.